The van der Waals surface area contributed by atoms with Gasteiger partial charge in [0, 0.05) is 6.20 Å². The van der Waals surface area contributed by atoms with Crippen molar-refractivity contribution in [2.24, 2.45) is 0 Å². The lowest BCUT2D eigenvalue weighted by molar-refractivity contribution is -0.115. The van der Waals surface area contributed by atoms with Crippen LogP contribution in [0.15, 0.2) is 46.2 Å². The van der Waals surface area contributed by atoms with E-state index in [1.807, 2.05) is 19.1 Å². The normalized spacial score (nSPS) is 11.3. The molecule has 1 unspecified atom stereocenters. The molecule has 3 rings (SSSR count). The molecule has 0 aromatic carbocycles. The quantitative estimate of drug-likeness (QED) is 0.615. The van der Waals surface area contributed by atoms with Gasteiger partial charge in [0.1, 0.15) is 40.1 Å². The summed E-state index contributed by atoms with van der Waals surface area (Å²) in [6.07, 6.45) is 3.04. The molecule has 0 fully saturated rings. The number of nitrogen functional groups attached to an aromatic ring is 1. The summed E-state index contributed by atoms with van der Waals surface area (Å²) in [5, 5.41) is 21.6. The fraction of sp³-hybridized carbons (Fsp3) is 0.150. The summed E-state index contributed by atoms with van der Waals surface area (Å²) in [4.78, 5) is 20.9. The first kappa shape index (κ1) is 19.9. The highest BCUT2D eigenvalue weighted by atomic mass is 32.2. The van der Waals surface area contributed by atoms with E-state index in [4.69, 9.17) is 10.2 Å². The minimum absolute atomic E-state index is 0.0339. The molecule has 0 bridgehead atoms. The highest BCUT2D eigenvalue weighted by molar-refractivity contribution is 8.00. The number of amides is 1. The number of carbonyl (C=O) groups is 1. The van der Waals surface area contributed by atoms with Crippen LogP contribution in [0.2, 0.25) is 0 Å². The van der Waals surface area contributed by atoms with E-state index < -0.39 is 5.25 Å². The van der Waals surface area contributed by atoms with E-state index in [0.29, 0.717) is 11.6 Å². The standard InChI is InChI=1S/C20H16N6O2S/c1-11-5-6-24-16(8-11)25-19(27)12(2)29-20-14(10-22)17(15-4-3-7-28-15)13(9-21)18(23)26-20/h3-8,12H,1-2H3,(H2,23,26)(H,24,25,27). The molecule has 0 saturated carbocycles. The summed E-state index contributed by atoms with van der Waals surface area (Å²) < 4.78 is 5.37. The molecular formula is C20H16N6O2S. The number of nitrogens with two attached hydrogens (primary N) is 1. The second-order valence-corrected chi connectivity index (χ2v) is 7.43. The fourth-order valence-corrected chi connectivity index (χ4v) is 3.52. The SMILES string of the molecule is Cc1ccnc(NC(=O)C(C)Sc2nc(N)c(C#N)c(-c3ccco3)c2C#N)c1. The van der Waals surface area contributed by atoms with E-state index in [1.54, 1.807) is 31.3 Å². The zero-order valence-corrected chi connectivity index (χ0v) is 16.4. The Balaban J connectivity index is 1.94. The molecule has 29 heavy (non-hydrogen) atoms. The third-order valence-electron chi connectivity index (χ3n) is 4.01. The first-order valence-corrected chi connectivity index (χ1v) is 9.40. The van der Waals surface area contributed by atoms with Gasteiger partial charge in [-0.3, -0.25) is 4.79 Å². The van der Waals surface area contributed by atoms with Gasteiger partial charge < -0.3 is 15.5 Å². The number of nitriles is 2. The van der Waals surface area contributed by atoms with Gasteiger partial charge in [-0.1, -0.05) is 11.8 Å². The van der Waals surface area contributed by atoms with Crippen LogP contribution in [0.3, 0.4) is 0 Å². The lowest BCUT2D eigenvalue weighted by atomic mass is 10.0. The summed E-state index contributed by atoms with van der Waals surface area (Å²) in [7, 11) is 0. The molecule has 9 heteroatoms. The van der Waals surface area contributed by atoms with E-state index in [-0.39, 0.29) is 33.4 Å². The smallest absolute Gasteiger partial charge is 0.238 e. The third-order valence-corrected chi connectivity index (χ3v) is 5.09. The molecule has 144 valence electrons. The predicted molar refractivity (Wildman–Crippen MR) is 109 cm³/mol. The average molecular weight is 404 g/mol. The number of aryl methyl sites for hydroxylation is 1. The Kier molecular flexibility index (Phi) is 5.82. The van der Waals surface area contributed by atoms with Crippen LogP contribution >= 0.6 is 11.8 Å². The lowest BCUT2D eigenvalue weighted by Crippen LogP contribution is -2.23. The van der Waals surface area contributed by atoms with Crippen molar-refractivity contribution in [1.29, 1.82) is 10.5 Å². The van der Waals surface area contributed by atoms with E-state index in [1.165, 1.54) is 6.26 Å². The third kappa shape index (κ3) is 4.21. The monoisotopic (exact) mass is 404 g/mol. The Morgan fingerprint density at radius 3 is 2.69 bits per heavy atom. The minimum atomic E-state index is -0.603. The number of nitrogens with zero attached hydrogens (tertiary/aromatic N) is 4. The van der Waals surface area contributed by atoms with Crippen LogP contribution in [0.25, 0.3) is 11.3 Å². The second-order valence-electron chi connectivity index (χ2n) is 6.10. The maximum absolute atomic E-state index is 12.6. The van der Waals surface area contributed by atoms with Gasteiger partial charge in [0.15, 0.2) is 0 Å². The molecular weight excluding hydrogens is 388 g/mol. The first-order valence-electron chi connectivity index (χ1n) is 8.52. The van der Waals surface area contributed by atoms with Crippen molar-refractivity contribution in [3.63, 3.8) is 0 Å². The van der Waals surface area contributed by atoms with Crippen LogP contribution in [0.4, 0.5) is 11.6 Å². The van der Waals surface area contributed by atoms with Gasteiger partial charge in [0.25, 0.3) is 0 Å². The van der Waals surface area contributed by atoms with E-state index >= 15 is 0 Å². The highest BCUT2D eigenvalue weighted by Crippen LogP contribution is 2.37. The summed E-state index contributed by atoms with van der Waals surface area (Å²) in [6, 6.07) is 10.9. The average Bonchev–Trinajstić information content (AvgIpc) is 3.22. The topological polar surface area (TPSA) is 142 Å². The number of aromatic nitrogens is 2. The molecule has 0 aliphatic heterocycles. The number of hydrogen-bond acceptors (Lipinski definition) is 8. The number of thioether (sulfide) groups is 1. The van der Waals surface area contributed by atoms with Gasteiger partial charge in [0.2, 0.25) is 5.91 Å². The maximum atomic E-state index is 12.6. The van der Waals surface area contributed by atoms with Crippen LogP contribution in [0, 0.1) is 29.6 Å². The molecule has 0 aliphatic rings. The molecule has 3 heterocycles. The summed E-state index contributed by atoms with van der Waals surface area (Å²) >= 11 is 1.07. The van der Waals surface area contributed by atoms with Crippen molar-refractivity contribution in [2.75, 3.05) is 11.1 Å². The van der Waals surface area contributed by atoms with Crippen molar-refractivity contribution in [2.45, 2.75) is 24.1 Å². The summed E-state index contributed by atoms with van der Waals surface area (Å²) in [5.41, 5.74) is 7.36. The Labute approximate surface area is 171 Å². The molecule has 1 atom stereocenters. The van der Waals surface area contributed by atoms with Crippen molar-refractivity contribution in [3.05, 3.63) is 53.4 Å². The van der Waals surface area contributed by atoms with Crippen molar-refractivity contribution < 1.29 is 9.21 Å². The van der Waals surface area contributed by atoms with Gasteiger partial charge in [-0.05, 0) is 43.7 Å². The number of furan rings is 1. The molecule has 8 nitrogen and oxygen atoms in total. The first-order chi connectivity index (χ1) is 13.9. The Bertz CT molecular complexity index is 1150. The van der Waals surface area contributed by atoms with Crippen LogP contribution in [-0.2, 0) is 4.79 Å². The largest absolute Gasteiger partial charge is 0.464 e. The number of pyridine rings is 2. The summed E-state index contributed by atoms with van der Waals surface area (Å²) in [5.74, 6) is 0.427. The zero-order chi connectivity index (χ0) is 21.0. The maximum Gasteiger partial charge on any atom is 0.238 e. The molecule has 0 spiro atoms. The Morgan fingerprint density at radius 1 is 1.31 bits per heavy atom. The van der Waals surface area contributed by atoms with Crippen molar-refractivity contribution in [1.82, 2.24) is 9.97 Å². The molecule has 3 aromatic heterocycles. The Morgan fingerprint density at radius 2 is 2.07 bits per heavy atom. The molecule has 1 amide bonds. The van der Waals surface area contributed by atoms with Gasteiger partial charge in [0.05, 0.1) is 22.6 Å². The number of carbonyl (C=O) groups excluding carboxylic acids is 1. The minimum Gasteiger partial charge on any atom is -0.464 e. The van der Waals surface area contributed by atoms with Crippen LogP contribution in [0.5, 0.6) is 0 Å². The van der Waals surface area contributed by atoms with Gasteiger partial charge in [-0.15, -0.1) is 0 Å². The van der Waals surface area contributed by atoms with Crippen molar-refractivity contribution >= 4 is 29.3 Å². The number of hydrogen-bond donors (Lipinski definition) is 2. The van der Waals surface area contributed by atoms with E-state index in [9.17, 15) is 15.3 Å². The van der Waals surface area contributed by atoms with E-state index in [2.05, 4.69) is 21.4 Å². The highest BCUT2D eigenvalue weighted by Gasteiger charge is 2.25. The van der Waals surface area contributed by atoms with Gasteiger partial charge in [-0.2, -0.15) is 10.5 Å². The molecule has 0 saturated heterocycles. The van der Waals surface area contributed by atoms with Crippen LogP contribution < -0.4 is 11.1 Å². The molecule has 0 aliphatic carbocycles. The zero-order valence-electron chi connectivity index (χ0n) is 15.6. The second kappa shape index (κ2) is 8.46. The number of nitrogens with one attached hydrogen (secondary N) is 1. The van der Waals surface area contributed by atoms with Crippen LogP contribution in [0.1, 0.15) is 23.6 Å². The Hall–Kier alpha value is -3.82. The van der Waals surface area contributed by atoms with Gasteiger partial charge in [-0.25, -0.2) is 9.97 Å². The van der Waals surface area contributed by atoms with Crippen molar-refractivity contribution in [3.8, 4) is 23.5 Å². The fourth-order valence-electron chi connectivity index (χ4n) is 2.60. The molecule has 3 N–H and O–H groups in total. The number of anilines is 2. The number of rotatable bonds is 5. The molecule has 0 radical (unpaired) electrons. The predicted octanol–water partition coefficient (Wildman–Crippen LogP) is 3.49. The summed E-state index contributed by atoms with van der Waals surface area (Å²) in [6.45, 7) is 3.58. The lowest BCUT2D eigenvalue weighted by Gasteiger charge is -2.15. The van der Waals surface area contributed by atoms with Crippen LogP contribution in [-0.4, -0.2) is 21.1 Å². The van der Waals surface area contributed by atoms with E-state index in [0.717, 1.165) is 17.3 Å². The molecule has 3 aromatic rings. The van der Waals surface area contributed by atoms with Gasteiger partial charge >= 0.3 is 0 Å².